The third-order valence-electron chi connectivity index (χ3n) is 10.2. The van der Waals surface area contributed by atoms with Crippen LogP contribution in [0.1, 0.15) is 188 Å². The van der Waals surface area contributed by atoms with E-state index >= 15 is 0 Å². The van der Waals surface area contributed by atoms with Crippen molar-refractivity contribution in [3.05, 3.63) is 0 Å². The minimum absolute atomic E-state index is 0.0196. The number of nitrogens with zero attached hydrogens (tertiary/aromatic N) is 1. The fourth-order valence-corrected chi connectivity index (χ4v) is 7.19. The lowest BCUT2D eigenvalue weighted by Gasteiger charge is -2.39. The molecule has 1 fully saturated rings. The molecule has 0 radical (unpaired) electrons. The van der Waals surface area contributed by atoms with Crippen molar-refractivity contribution in [2.75, 3.05) is 39.5 Å². The molecule has 3 unspecified atom stereocenters. The highest BCUT2D eigenvalue weighted by molar-refractivity contribution is 5.72. The second-order valence-electron chi connectivity index (χ2n) is 14.8. The molecular weight excluding hydrogens is 600 g/mol. The second-order valence-corrected chi connectivity index (χ2v) is 14.8. The summed E-state index contributed by atoms with van der Waals surface area (Å²) in [6, 6.07) is 0.820. The number of unbranched alkanes of at least 4 members (excludes halogenated alkanes) is 12. The Bertz CT molecular complexity index is 738. The van der Waals surface area contributed by atoms with Gasteiger partial charge in [0.1, 0.15) is 0 Å². The molecule has 7 nitrogen and oxygen atoms in total. The van der Waals surface area contributed by atoms with Crippen molar-refractivity contribution in [3.8, 4) is 0 Å². The van der Waals surface area contributed by atoms with Crippen molar-refractivity contribution in [1.29, 1.82) is 0 Å². The van der Waals surface area contributed by atoms with Crippen molar-refractivity contribution in [2.45, 2.75) is 200 Å². The number of hydrogen-bond donors (Lipinski definition) is 2. The number of hydrogen-bond acceptors (Lipinski definition) is 7. The highest BCUT2D eigenvalue weighted by Gasteiger charge is 2.26. The Morgan fingerprint density at radius 2 is 1.00 bits per heavy atom. The van der Waals surface area contributed by atoms with E-state index in [-0.39, 0.29) is 30.4 Å². The second kappa shape index (κ2) is 31.8. The minimum atomic E-state index is 0.0196. The number of carbonyl (C=O) groups is 2. The fraction of sp³-hybridized carbons (Fsp3) is 0.951. The van der Waals surface area contributed by atoms with E-state index in [2.05, 4.69) is 37.9 Å². The highest BCUT2D eigenvalue weighted by atomic mass is 16.5. The van der Waals surface area contributed by atoms with Crippen LogP contribution in [0.25, 0.3) is 0 Å². The highest BCUT2D eigenvalue weighted by Crippen LogP contribution is 2.22. The van der Waals surface area contributed by atoms with E-state index in [1.807, 2.05) is 0 Å². The Labute approximate surface area is 297 Å². The molecule has 1 heterocycles. The number of ether oxygens (including phenoxy) is 2. The standard InChI is InChI=1S/C41H80N2O5/c1-5-9-13-16-25-36(24-12-8-4)40(45)47-32-21-19-28-38-34-43(30-23-31-44)35-39(42-38)29-20-22-33-48-41(46)37(26-17-14-10-6-2)27-18-15-11-7-3/h36-39,42,44H,5-35H2,1-4H3. The summed E-state index contributed by atoms with van der Waals surface area (Å²) in [5.74, 6) is 0.189. The van der Waals surface area contributed by atoms with Gasteiger partial charge in [0.15, 0.2) is 0 Å². The van der Waals surface area contributed by atoms with Gasteiger partial charge in [-0.05, 0) is 70.6 Å². The zero-order valence-electron chi connectivity index (χ0n) is 32.3. The molecule has 0 saturated carbocycles. The van der Waals surface area contributed by atoms with E-state index in [9.17, 15) is 14.7 Å². The Kier molecular flexibility index (Phi) is 29.7. The third-order valence-corrected chi connectivity index (χ3v) is 10.2. The van der Waals surface area contributed by atoms with Crippen molar-refractivity contribution >= 4 is 11.9 Å². The SMILES string of the molecule is CCCCCCC(CCCC)C(=O)OCCCCC1CN(CCCO)CC(CCCCOC(=O)C(CCCCCC)CCCCCC)N1. The Hall–Kier alpha value is -1.18. The third kappa shape index (κ3) is 23.3. The van der Waals surface area contributed by atoms with E-state index in [1.165, 1.54) is 57.8 Å². The van der Waals surface area contributed by atoms with Crippen LogP contribution in [-0.2, 0) is 19.1 Å². The number of aliphatic hydroxyl groups excluding tert-OH is 1. The van der Waals surface area contributed by atoms with Crippen molar-refractivity contribution in [1.82, 2.24) is 10.2 Å². The van der Waals surface area contributed by atoms with Crippen LogP contribution >= 0.6 is 0 Å². The maximum Gasteiger partial charge on any atom is 0.308 e. The monoisotopic (exact) mass is 681 g/mol. The zero-order chi connectivity index (χ0) is 35.1. The number of piperazine rings is 1. The van der Waals surface area contributed by atoms with Gasteiger partial charge in [-0.25, -0.2) is 0 Å². The van der Waals surface area contributed by atoms with Crippen molar-refractivity contribution < 1.29 is 24.2 Å². The van der Waals surface area contributed by atoms with Gasteiger partial charge in [0.05, 0.1) is 25.0 Å². The average molecular weight is 681 g/mol. The molecular formula is C41H80N2O5. The van der Waals surface area contributed by atoms with Crippen LogP contribution in [0.3, 0.4) is 0 Å². The molecule has 1 aliphatic heterocycles. The van der Waals surface area contributed by atoms with Crippen LogP contribution in [0.5, 0.6) is 0 Å². The summed E-state index contributed by atoms with van der Waals surface area (Å²) < 4.78 is 11.6. The molecule has 7 heteroatoms. The van der Waals surface area contributed by atoms with Gasteiger partial charge in [0.2, 0.25) is 0 Å². The maximum atomic E-state index is 13.0. The van der Waals surface area contributed by atoms with Gasteiger partial charge in [0, 0.05) is 38.3 Å². The molecule has 0 aliphatic carbocycles. The molecule has 48 heavy (non-hydrogen) atoms. The van der Waals surface area contributed by atoms with Crippen molar-refractivity contribution in [2.24, 2.45) is 11.8 Å². The lowest BCUT2D eigenvalue weighted by Crippen LogP contribution is -2.56. The van der Waals surface area contributed by atoms with Crippen LogP contribution in [0, 0.1) is 11.8 Å². The van der Waals surface area contributed by atoms with Crippen molar-refractivity contribution in [3.63, 3.8) is 0 Å². The summed E-state index contributed by atoms with van der Waals surface area (Å²) in [5.41, 5.74) is 0. The van der Waals surface area contributed by atoms with E-state index in [0.29, 0.717) is 25.3 Å². The fourth-order valence-electron chi connectivity index (χ4n) is 7.19. The van der Waals surface area contributed by atoms with Gasteiger partial charge in [-0.1, -0.05) is 118 Å². The molecule has 1 aliphatic rings. The summed E-state index contributed by atoms with van der Waals surface area (Å²) in [6.45, 7) is 13.1. The number of esters is 2. The van der Waals surface area contributed by atoms with Crippen LogP contribution in [0.2, 0.25) is 0 Å². The van der Waals surface area contributed by atoms with E-state index < -0.39 is 0 Å². The lowest BCUT2D eigenvalue weighted by atomic mass is 9.94. The molecule has 0 aromatic rings. The molecule has 0 aromatic heterocycles. The van der Waals surface area contributed by atoms with Gasteiger partial charge < -0.3 is 24.8 Å². The number of carbonyl (C=O) groups excluding carboxylic acids is 2. The summed E-state index contributed by atoms with van der Waals surface area (Å²) >= 11 is 0. The smallest absolute Gasteiger partial charge is 0.308 e. The van der Waals surface area contributed by atoms with Gasteiger partial charge in [0.25, 0.3) is 0 Å². The molecule has 0 spiro atoms. The van der Waals surface area contributed by atoms with E-state index in [4.69, 9.17) is 9.47 Å². The molecule has 284 valence electrons. The van der Waals surface area contributed by atoms with Gasteiger partial charge in [-0.15, -0.1) is 0 Å². The molecule has 0 aromatic carbocycles. The first kappa shape index (κ1) is 44.8. The first-order valence-electron chi connectivity index (χ1n) is 20.9. The molecule has 1 rings (SSSR count). The first-order chi connectivity index (χ1) is 23.5. The van der Waals surface area contributed by atoms with Crippen LogP contribution in [0.15, 0.2) is 0 Å². The minimum Gasteiger partial charge on any atom is -0.465 e. The summed E-state index contributed by atoms with van der Waals surface area (Å²) in [6.07, 6.45) is 27.4. The topological polar surface area (TPSA) is 88.1 Å². The van der Waals surface area contributed by atoms with Gasteiger partial charge in [-0.3, -0.25) is 9.59 Å². The number of aliphatic hydroxyl groups is 1. The summed E-state index contributed by atoms with van der Waals surface area (Å²) in [7, 11) is 0. The quantitative estimate of drug-likeness (QED) is 0.0527. The summed E-state index contributed by atoms with van der Waals surface area (Å²) in [5, 5.41) is 13.3. The first-order valence-corrected chi connectivity index (χ1v) is 20.9. The van der Waals surface area contributed by atoms with Crippen LogP contribution < -0.4 is 5.32 Å². The molecule has 0 amide bonds. The number of nitrogens with one attached hydrogen (secondary N) is 1. The van der Waals surface area contributed by atoms with Crippen LogP contribution in [-0.4, -0.2) is 73.5 Å². The predicted molar refractivity (Wildman–Crippen MR) is 201 cm³/mol. The van der Waals surface area contributed by atoms with Gasteiger partial charge >= 0.3 is 11.9 Å². The molecule has 1 saturated heterocycles. The van der Waals surface area contributed by atoms with Crippen LogP contribution in [0.4, 0.5) is 0 Å². The normalized spacial score (nSPS) is 17.5. The number of rotatable bonds is 33. The van der Waals surface area contributed by atoms with Gasteiger partial charge in [-0.2, -0.15) is 0 Å². The Morgan fingerprint density at radius 3 is 1.40 bits per heavy atom. The largest absolute Gasteiger partial charge is 0.465 e. The molecule has 2 N–H and O–H groups in total. The molecule has 3 atom stereocenters. The maximum absolute atomic E-state index is 13.0. The van der Waals surface area contributed by atoms with E-state index in [1.54, 1.807) is 0 Å². The van der Waals surface area contributed by atoms with E-state index in [0.717, 1.165) is 122 Å². The lowest BCUT2D eigenvalue weighted by molar-refractivity contribution is -0.150. The Balaban J connectivity index is 2.43. The molecule has 0 bridgehead atoms. The Morgan fingerprint density at radius 1 is 0.583 bits per heavy atom. The summed E-state index contributed by atoms with van der Waals surface area (Å²) in [4.78, 5) is 28.3. The average Bonchev–Trinajstić information content (AvgIpc) is 3.09. The zero-order valence-corrected chi connectivity index (χ0v) is 32.3. The predicted octanol–water partition coefficient (Wildman–Crippen LogP) is 9.77.